The van der Waals surface area contributed by atoms with Crippen LogP contribution in [-0.2, 0) is 4.74 Å². The van der Waals surface area contributed by atoms with Crippen LogP contribution in [0.4, 0.5) is 5.69 Å². The average Bonchev–Trinajstić information content (AvgIpc) is 3.08. The van der Waals surface area contributed by atoms with Crippen molar-refractivity contribution in [1.29, 1.82) is 0 Å². The zero-order valence-electron chi connectivity index (χ0n) is 8.89. The van der Waals surface area contributed by atoms with Crippen molar-refractivity contribution < 1.29 is 14.5 Å². The lowest BCUT2D eigenvalue weighted by Crippen LogP contribution is -2.10. The van der Waals surface area contributed by atoms with Crippen molar-refractivity contribution in [3.8, 4) is 0 Å². The van der Waals surface area contributed by atoms with Crippen LogP contribution in [0.5, 0.6) is 0 Å². The molecule has 1 saturated carbocycles. The van der Waals surface area contributed by atoms with Gasteiger partial charge in [0.05, 0.1) is 11.5 Å². The van der Waals surface area contributed by atoms with Gasteiger partial charge in [-0.25, -0.2) is 4.79 Å². The first-order valence-corrected chi connectivity index (χ1v) is 5.57. The standard InChI is InChI=1S/C11H10ClNO4/c12-9-3-1-2-8(10(9)13(15)16)11(14)17-6-7-4-5-7/h1-3,7H,4-6H2. The zero-order valence-corrected chi connectivity index (χ0v) is 9.64. The summed E-state index contributed by atoms with van der Waals surface area (Å²) < 4.78 is 5.00. The van der Waals surface area contributed by atoms with E-state index in [1.807, 2.05) is 0 Å². The highest BCUT2D eigenvalue weighted by Gasteiger charge is 2.27. The van der Waals surface area contributed by atoms with Crippen LogP contribution in [-0.4, -0.2) is 17.5 Å². The number of halogens is 1. The Hall–Kier alpha value is -1.62. The number of nitro groups is 1. The molecule has 0 bridgehead atoms. The second-order valence-corrected chi connectivity index (χ2v) is 4.34. The normalized spacial score (nSPS) is 14.4. The number of nitro benzene ring substituents is 1. The Bertz CT molecular complexity index is 471. The van der Waals surface area contributed by atoms with E-state index >= 15 is 0 Å². The second-order valence-electron chi connectivity index (χ2n) is 3.93. The fourth-order valence-electron chi connectivity index (χ4n) is 1.42. The van der Waals surface area contributed by atoms with E-state index in [1.165, 1.54) is 18.2 Å². The summed E-state index contributed by atoms with van der Waals surface area (Å²) in [7, 11) is 0. The monoisotopic (exact) mass is 255 g/mol. The number of ether oxygens (including phenoxy) is 1. The average molecular weight is 256 g/mol. The van der Waals surface area contributed by atoms with E-state index in [4.69, 9.17) is 16.3 Å². The molecule has 0 heterocycles. The summed E-state index contributed by atoms with van der Waals surface area (Å²) in [5, 5.41) is 10.8. The molecular weight excluding hydrogens is 246 g/mol. The lowest BCUT2D eigenvalue weighted by molar-refractivity contribution is -0.385. The van der Waals surface area contributed by atoms with Gasteiger partial charge in [-0.05, 0) is 30.9 Å². The van der Waals surface area contributed by atoms with Crippen molar-refractivity contribution in [2.24, 2.45) is 5.92 Å². The van der Waals surface area contributed by atoms with Crippen molar-refractivity contribution in [2.45, 2.75) is 12.8 Å². The molecule has 0 spiro atoms. The maximum atomic E-state index is 11.7. The van der Waals surface area contributed by atoms with Crippen LogP contribution in [0.1, 0.15) is 23.2 Å². The molecule has 6 heteroatoms. The summed E-state index contributed by atoms with van der Waals surface area (Å²) in [6, 6.07) is 4.21. The van der Waals surface area contributed by atoms with E-state index in [1.54, 1.807) is 0 Å². The molecule has 0 amide bonds. The van der Waals surface area contributed by atoms with Crippen LogP contribution in [0, 0.1) is 16.0 Å². The molecule has 1 aromatic rings. The molecule has 1 aliphatic carbocycles. The van der Waals surface area contributed by atoms with Crippen LogP contribution in [0.3, 0.4) is 0 Å². The van der Waals surface area contributed by atoms with E-state index in [0.29, 0.717) is 12.5 Å². The van der Waals surface area contributed by atoms with Gasteiger partial charge < -0.3 is 4.74 Å². The summed E-state index contributed by atoms with van der Waals surface area (Å²) >= 11 is 5.69. The van der Waals surface area contributed by atoms with Crippen LogP contribution >= 0.6 is 11.6 Å². The smallest absolute Gasteiger partial charge is 0.345 e. The van der Waals surface area contributed by atoms with Crippen LogP contribution in [0.2, 0.25) is 5.02 Å². The Morgan fingerprint density at radius 1 is 1.53 bits per heavy atom. The zero-order chi connectivity index (χ0) is 12.4. The molecule has 0 radical (unpaired) electrons. The fraction of sp³-hybridized carbons (Fsp3) is 0.364. The van der Waals surface area contributed by atoms with Gasteiger partial charge in [0.2, 0.25) is 0 Å². The van der Waals surface area contributed by atoms with E-state index in [0.717, 1.165) is 12.8 Å². The van der Waals surface area contributed by atoms with Gasteiger partial charge in [0.15, 0.2) is 0 Å². The predicted octanol–water partition coefficient (Wildman–Crippen LogP) is 2.82. The molecule has 0 atom stereocenters. The molecule has 5 nitrogen and oxygen atoms in total. The SMILES string of the molecule is O=C(OCC1CC1)c1cccc(Cl)c1[N+](=O)[O-]. The molecule has 0 saturated heterocycles. The molecule has 0 aliphatic heterocycles. The third-order valence-electron chi connectivity index (χ3n) is 2.54. The molecule has 1 aromatic carbocycles. The maximum Gasteiger partial charge on any atom is 0.345 e. The van der Waals surface area contributed by atoms with Crippen molar-refractivity contribution in [1.82, 2.24) is 0 Å². The Morgan fingerprint density at radius 3 is 2.82 bits per heavy atom. The van der Waals surface area contributed by atoms with Gasteiger partial charge in [0.1, 0.15) is 10.6 Å². The molecule has 0 N–H and O–H groups in total. The number of hydrogen-bond acceptors (Lipinski definition) is 4. The largest absolute Gasteiger partial charge is 0.462 e. The van der Waals surface area contributed by atoms with E-state index in [2.05, 4.69) is 0 Å². The lowest BCUT2D eigenvalue weighted by atomic mass is 10.2. The van der Waals surface area contributed by atoms with Gasteiger partial charge in [-0.2, -0.15) is 0 Å². The first-order valence-electron chi connectivity index (χ1n) is 5.19. The number of nitrogens with zero attached hydrogens (tertiary/aromatic N) is 1. The Kier molecular flexibility index (Phi) is 3.28. The van der Waals surface area contributed by atoms with Crippen molar-refractivity contribution in [2.75, 3.05) is 6.61 Å². The predicted molar refractivity (Wildman–Crippen MR) is 61.1 cm³/mol. The minimum atomic E-state index is -0.689. The van der Waals surface area contributed by atoms with Gasteiger partial charge in [-0.3, -0.25) is 10.1 Å². The molecule has 2 rings (SSSR count). The van der Waals surface area contributed by atoms with Gasteiger partial charge >= 0.3 is 11.7 Å². The Labute approximate surface area is 102 Å². The first kappa shape index (κ1) is 11.9. The quantitative estimate of drug-likeness (QED) is 0.471. The molecule has 1 aliphatic rings. The molecule has 17 heavy (non-hydrogen) atoms. The Morgan fingerprint density at radius 2 is 2.24 bits per heavy atom. The molecule has 0 unspecified atom stereocenters. The van der Waals surface area contributed by atoms with Crippen LogP contribution in [0.15, 0.2) is 18.2 Å². The molecular formula is C11H10ClNO4. The van der Waals surface area contributed by atoms with Crippen LogP contribution in [0.25, 0.3) is 0 Å². The van der Waals surface area contributed by atoms with Gasteiger partial charge in [0, 0.05) is 0 Å². The highest BCUT2D eigenvalue weighted by atomic mass is 35.5. The van der Waals surface area contributed by atoms with Crippen LogP contribution < -0.4 is 0 Å². The van der Waals surface area contributed by atoms with Gasteiger partial charge in [-0.1, -0.05) is 17.7 Å². The molecule has 1 fully saturated rings. The number of benzene rings is 1. The fourth-order valence-corrected chi connectivity index (χ4v) is 1.66. The summed E-state index contributed by atoms with van der Waals surface area (Å²) in [6.45, 7) is 0.322. The third kappa shape index (κ3) is 2.74. The van der Waals surface area contributed by atoms with E-state index < -0.39 is 16.6 Å². The third-order valence-corrected chi connectivity index (χ3v) is 2.84. The summed E-state index contributed by atoms with van der Waals surface area (Å²) in [6.07, 6.45) is 2.09. The summed E-state index contributed by atoms with van der Waals surface area (Å²) in [5.74, 6) is -0.275. The minimum Gasteiger partial charge on any atom is -0.462 e. The van der Waals surface area contributed by atoms with Crippen molar-refractivity contribution in [3.05, 3.63) is 38.9 Å². The van der Waals surface area contributed by atoms with E-state index in [-0.39, 0.29) is 10.6 Å². The summed E-state index contributed by atoms with van der Waals surface area (Å²) in [5.41, 5.74) is -0.488. The van der Waals surface area contributed by atoms with Gasteiger partial charge in [0.25, 0.3) is 0 Å². The number of para-hydroxylation sites is 1. The second kappa shape index (κ2) is 4.71. The Balaban J connectivity index is 2.20. The topological polar surface area (TPSA) is 69.4 Å². The molecule has 90 valence electrons. The molecule has 0 aromatic heterocycles. The van der Waals surface area contributed by atoms with Crippen molar-refractivity contribution >= 4 is 23.3 Å². The number of rotatable bonds is 4. The maximum absolute atomic E-state index is 11.7. The highest BCUT2D eigenvalue weighted by Crippen LogP contribution is 2.31. The van der Waals surface area contributed by atoms with E-state index in [9.17, 15) is 14.9 Å². The van der Waals surface area contributed by atoms with Crippen molar-refractivity contribution in [3.63, 3.8) is 0 Å². The number of carbonyl (C=O) groups excluding carboxylic acids is 1. The number of hydrogen-bond donors (Lipinski definition) is 0. The van der Waals surface area contributed by atoms with Gasteiger partial charge in [-0.15, -0.1) is 0 Å². The minimum absolute atomic E-state index is 0.0594. The first-order chi connectivity index (χ1) is 8.09. The number of carbonyl (C=O) groups is 1. The highest BCUT2D eigenvalue weighted by molar-refractivity contribution is 6.33. The number of esters is 1. The summed E-state index contributed by atoms with van der Waals surface area (Å²) in [4.78, 5) is 21.8. The lowest BCUT2D eigenvalue weighted by Gasteiger charge is -2.05.